The molecule has 0 unspecified atom stereocenters. The molecule has 2 amide bonds. The van der Waals surface area contributed by atoms with Crippen LogP contribution < -0.4 is 4.74 Å². The zero-order valence-electron chi connectivity index (χ0n) is 15.8. The summed E-state index contributed by atoms with van der Waals surface area (Å²) in [4.78, 5) is 36.1. The van der Waals surface area contributed by atoms with E-state index in [-0.39, 0.29) is 4.91 Å². The van der Waals surface area contributed by atoms with Gasteiger partial charge in [-0.05, 0) is 74.5 Å². The zero-order valence-corrected chi connectivity index (χ0v) is 16.6. The maximum Gasteiger partial charge on any atom is 0.323 e. The largest absolute Gasteiger partial charge is 0.494 e. The number of carbonyl (C=O) groups excluding carboxylic acids is 2. The Bertz CT molecular complexity index is 975. The topological polar surface area (TPSA) is 88.8 Å². The van der Waals surface area contributed by atoms with Gasteiger partial charge in [-0.25, -0.2) is 0 Å². The first-order valence-electron chi connectivity index (χ1n) is 8.71. The third-order valence-electron chi connectivity index (χ3n) is 4.33. The monoisotopic (exact) mass is 400 g/mol. The maximum atomic E-state index is 12.4. The Kier molecular flexibility index (Phi) is 5.60. The van der Waals surface area contributed by atoms with Crippen molar-refractivity contribution in [1.82, 2.24) is 9.47 Å². The molecule has 2 aromatic rings. The average molecular weight is 400 g/mol. The summed E-state index contributed by atoms with van der Waals surface area (Å²) >= 11 is 0.755. The van der Waals surface area contributed by atoms with Gasteiger partial charge in [-0.2, -0.15) is 0 Å². The van der Waals surface area contributed by atoms with E-state index in [0.29, 0.717) is 6.61 Å². The van der Waals surface area contributed by atoms with Gasteiger partial charge in [0.25, 0.3) is 11.1 Å². The van der Waals surface area contributed by atoms with Gasteiger partial charge in [0.15, 0.2) is 0 Å². The molecule has 146 valence electrons. The van der Waals surface area contributed by atoms with Crippen LogP contribution in [0.2, 0.25) is 0 Å². The minimum absolute atomic E-state index is 0.221. The number of benzene rings is 1. The van der Waals surface area contributed by atoms with E-state index in [4.69, 9.17) is 9.84 Å². The summed E-state index contributed by atoms with van der Waals surface area (Å²) in [6.07, 6.45) is 1.64. The van der Waals surface area contributed by atoms with Crippen molar-refractivity contribution in [1.29, 1.82) is 0 Å². The smallest absolute Gasteiger partial charge is 0.323 e. The van der Waals surface area contributed by atoms with E-state index in [1.54, 1.807) is 6.08 Å². The first-order chi connectivity index (χ1) is 13.3. The summed E-state index contributed by atoms with van der Waals surface area (Å²) < 4.78 is 7.52. The molecule has 1 saturated heterocycles. The number of carboxylic acids is 1. The van der Waals surface area contributed by atoms with Crippen LogP contribution in [-0.4, -0.2) is 44.8 Å². The number of nitrogens with zero attached hydrogens (tertiary/aromatic N) is 2. The van der Waals surface area contributed by atoms with Gasteiger partial charge in [0.05, 0.1) is 11.5 Å². The highest BCUT2D eigenvalue weighted by Gasteiger charge is 2.36. The van der Waals surface area contributed by atoms with Crippen molar-refractivity contribution >= 4 is 35.0 Å². The SMILES string of the molecule is CCOc1ccc(-n2c(C)cc(/C=C3/SC(=O)N(CC(=O)O)C3=O)c2C)cc1. The highest BCUT2D eigenvalue weighted by Crippen LogP contribution is 2.33. The highest BCUT2D eigenvalue weighted by molar-refractivity contribution is 8.18. The van der Waals surface area contributed by atoms with E-state index >= 15 is 0 Å². The molecule has 1 aliphatic heterocycles. The quantitative estimate of drug-likeness (QED) is 0.745. The molecular weight excluding hydrogens is 380 g/mol. The number of carbonyl (C=O) groups is 3. The predicted octanol–water partition coefficient (Wildman–Crippen LogP) is 3.61. The summed E-state index contributed by atoms with van der Waals surface area (Å²) in [6.45, 7) is 5.78. The van der Waals surface area contributed by atoms with E-state index < -0.39 is 23.7 Å². The third-order valence-corrected chi connectivity index (χ3v) is 5.24. The number of thioether (sulfide) groups is 1. The number of aliphatic carboxylic acids is 1. The van der Waals surface area contributed by atoms with E-state index in [2.05, 4.69) is 0 Å². The molecule has 1 aromatic carbocycles. The third kappa shape index (κ3) is 3.82. The normalized spacial score (nSPS) is 15.5. The Morgan fingerprint density at radius 2 is 1.89 bits per heavy atom. The molecule has 28 heavy (non-hydrogen) atoms. The summed E-state index contributed by atoms with van der Waals surface area (Å²) in [6, 6.07) is 9.63. The van der Waals surface area contributed by atoms with Crippen LogP contribution in [0.5, 0.6) is 5.75 Å². The standard InChI is InChI=1S/C20H20N2O5S/c1-4-27-16-7-5-15(6-8-16)22-12(2)9-14(13(22)3)10-17-19(25)21(11-18(23)24)20(26)28-17/h5-10H,4,11H2,1-3H3,(H,23,24)/b17-10+. The molecule has 1 N–H and O–H groups in total. The molecule has 1 aromatic heterocycles. The fourth-order valence-electron chi connectivity index (χ4n) is 3.10. The van der Waals surface area contributed by atoms with Crippen molar-refractivity contribution in [2.45, 2.75) is 20.8 Å². The number of amides is 2. The van der Waals surface area contributed by atoms with Crippen LogP contribution in [0.3, 0.4) is 0 Å². The Morgan fingerprint density at radius 3 is 2.50 bits per heavy atom. The van der Waals surface area contributed by atoms with Crippen LogP contribution in [0, 0.1) is 13.8 Å². The first kappa shape index (κ1) is 19.8. The summed E-state index contributed by atoms with van der Waals surface area (Å²) in [5.41, 5.74) is 3.63. The molecule has 7 nitrogen and oxygen atoms in total. The van der Waals surface area contributed by atoms with Crippen LogP contribution in [0.25, 0.3) is 11.8 Å². The van der Waals surface area contributed by atoms with Crippen LogP contribution in [0.15, 0.2) is 35.2 Å². The predicted molar refractivity (Wildman–Crippen MR) is 107 cm³/mol. The lowest BCUT2D eigenvalue weighted by atomic mass is 10.2. The van der Waals surface area contributed by atoms with Gasteiger partial charge in [-0.1, -0.05) is 0 Å². The van der Waals surface area contributed by atoms with Crippen LogP contribution in [0.1, 0.15) is 23.9 Å². The van der Waals surface area contributed by atoms with Gasteiger partial charge in [0.2, 0.25) is 0 Å². The van der Waals surface area contributed by atoms with E-state index in [9.17, 15) is 14.4 Å². The van der Waals surface area contributed by atoms with E-state index in [1.165, 1.54) is 0 Å². The Hall–Kier alpha value is -3.00. The van der Waals surface area contributed by atoms with Gasteiger partial charge in [0, 0.05) is 17.1 Å². The number of hydrogen-bond donors (Lipinski definition) is 1. The molecule has 0 atom stereocenters. The maximum absolute atomic E-state index is 12.4. The Labute approximate surface area is 166 Å². The van der Waals surface area contributed by atoms with Gasteiger partial charge < -0.3 is 14.4 Å². The number of hydrogen-bond acceptors (Lipinski definition) is 5. The highest BCUT2D eigenvalue weighted by atomic mass is 32.2. The molecule has 0 aliphatic carbocycles. The number of imide groups is 1. The van der Waals surface area contributed by atoms with Gasteiger partial charge in [-0.3, -0.25) is 19.3 Å². The van der Waals surface area contributed by atoms with E-state index in [0.717, 1.165) is 45.1 Å². The molecular formula is C20H20N2O5S. The van der Waals surface area contributed by atoms with Crippen molar-refractivity contribution in [2.75, 3.05) is 13.2 Å². The molecule has 2 heterocycles. The molecule has 1 aliphatic rings. The second kappa shape index (κ2) is 7.93. The van der Waals surface area contributed by atoms with Crippen molar-refractivity contribution in [2.24, 2.45) is 0 Å². The number of aromatic nitrogens is 1. The lowest BCUT2D eigenvalue weighted by molar-refractivity contribution is -0.140. The van der Waals surface area contributed by atoms with Crippen molar-refractivity contribution in [3.63, 3.8) is 0 Å². The van der Waals surface area contributed by atoms with Crippen molar-refractivity contribution in [3.05, 3.63) is 52.2 Å². The molecule has 8 heteroatoms. The number of rotatable bonds is 6. The second-order valence-corrected chi connectivity index (χ2v) is 7.24. The lowest BCUT2D eigenvalue weighted by Gasteiger charge is -2.11. The summed E-state index contributed by atoms with van der Waals surface area (Å²) in [7, 11) is 0. The van der Waals surface area contributed by atoms with Crippen LogP contribution >= 0.6 is 11.8 Å². The van der Waals surface area contributed by atoms with E-state index in [1.807, 2.05) is 55.7 Å². The minimum Gasteiger partial charge on any atom is -0.494 e. The molecule has 0 saturated carbocycles. The fraction of sp³-hybridized carbons (Fsp3) is 0.250. The minimum atomic E-state index is -1.22. The average Bonchev–Trinajstić information content (AvgIpc) is 3.06. The fourth-order valence-corrected chi connectivity index (χ4v) is 3.93. The van der Waals surface area contributed by atoms with Gasteiger partial charge in [-0.15, -0.1) is 0 Å². The Morgan fingerprint density at radius 1 is 1.21 bits per heavy atom. The summed E-state index contributed by atoms with van der Waals surface area (Å²) in [5.74, 6) is -1.01. The lowest BCUT2D eigenvalue weighted by Crippen LogP contribution is -2.33. The van der Waals surface area contributed by atoms with Gasteiger partial charge >= 0.3 is 5.97 Å². The summed E-state index contributed by atoms with van der Waals surface area (Å²) in [5, 5.41) is 8.29. The van der Waals surface area contributed by atoms with Crippen molar-refractivity contribution < 1.29 is 24.2 Å². The molecule has 1 fully saturated rings. The number of carboxylic acid groups (broad SMARTS) is 1. The second-order valence-electron chi connectivity index (χ2n) is 6.25. The molecule has 0 radical (unpaired) electrons. The van der Waals surface area contributed by atoms with Crippen molar-refractivity contribution in [3.8, 4) is 11.4 Å². The van der Waals surface area contributed by atoms with Gasteiger partial charge in [0.1, 0.15) is 12.3 Å². The molecule has 3 rings (SSSR count). The molecule has 0 bridgehead atoms. The molecule has 0 spiro atoms. The Balaban J connectivity index is 1.92. The number of ether oxygens (including phenoxy) is 1. The van der Waals surface area contributed by atoms with Crippen LogP contribution in [-0.2, 0) is 9.59 Å². The number of aryl methyl sites for hydroxylation is 1. The first-order valence-corrected chi connectivity index (χ1v) is 9.52. The van der Waals surface area contributed by atoms with Crippen LogP contribution in [0.4, 0.5) is 4.79 Å². The zero-order chi connectivity index (χ0) is 20.4.